The molecule has 0 radical (unpaired) electrons. The van der Waals surface area contributed by atoms with Gasteiger partial charge in [-0.2, -0.15) is 5.10 Å². The van der Waals surface area contributed by atoms with Gasteiger partial charge in [-0.3, -0.25) is 9.58 Å². The lowest BCUT2D eigenvalue weighted by Gasteiger charge is -2.17. The molecule has 1 aromatic carbocycles. The summed E-state index contributed by atoms with van der Waals surface area (Å²) in [5.41, 5.74) is 3.42. The maximum atomic E-state index is 11.1. The molecule has 0 aliphatic heterocycles. The van der Waals surface area contributed by atoms with E-state index in [1.807, 2.05) is 7.05 Å². The molecule has 0 amide bonds. The van der Waals surface area contributed by atoms with Gasteiger partial charge in [0, 0.05) is 20.1 Å². The Labute approximate surface area is 118 Å². The maximum Gasteiger partial charge on any atom is 0.339 e. The number of carbonyl (C=O) groups is 1. The Kier molecular flexibility index (Phi) is 4.20. The van der Waals surface area contributed by atoms with Gasteiger partial charge in [-0.25, -0.2) is 4.79 Å². The first-order valence-electron chi connectivity index (χ1n) is 6.45. The molecule has 2 rings (SSSR count). The minimum absolute atomic E-state index is 0.267. The van der Waals surface area contributed by atoms with Crippen LogP contribution in [0.1, 0.15) is 27.2 Å². The zero-order valence-electron chi connectivity index (χ0n) is 12.0. The number of nitrogens with zero attached hydrogens (tertiary/aromatic N) is 3. The summed E-state index contributed by atoms with van der Waals surface area (Å²) >= 11 is 0. The second kappa shape index (κ2) is 5.88. The number of rotatable bonds is 5. The molecule has 2 aromatic rings. The molecule has 5 nitrogen and oxygen atoms in total. The van der Waals surface area contributed by atoms with Crippen molar-refractivity contribution in [3.05, 3.63) is 52.8 Å². The lowest BCUT2D eigenvalue weighted by atomic mass is 10.1. The fourth-order valence-electron chi connectivity index (χ4n) is 2.15. The predicted molar refractivity (Wildman–Crippen MR) is 76.5 cm³/mol. The monoisotopic (exact) mass is 273 g/mol. The van der Waals surface area contributed by atoms with Gasteiger partial charge >= 0.3 is 5.97 Å². The zero-order chi connectivity index (χ0) is 14.7. The van der Waals surface area contributed by atoms with E-state index in [0.29, 0.717) is 12.2 Å². The number of aryl methyl sites for hydroxylation is 2. The van der Waals surface area contributed by atoms with E-state index in [0.717, 1.165) is 6.54 Å². The Morgan fingerprint density at radius 2 is 1.95 bits per heavy atom. The molecule has 1 heterocycles. The van der Waals surface area contributed by atoms with Crippen molar-refractivity contribution in [1.82, 2.24) is 14.7 Å². The molecule has 0 saturated carbocycles. The molecule has 0 bridgehead atoms. The van der Waals surface area contributed by atoms with Crippen LogP contribution in [-0.2, 0) is 20.1 Å². The van der Waals surface area contributed by atoms with Gasteiger partial charge in [0.15, 0.2) is 0 Å². The standard InChI is InChI=1S/C15H19N3O2/c1-11-4-6-12(7-5-11)9-17(2)10-14-13(15(19)20)8-16-18(14)3/h4-8H,9-10H2,1-3H3,(H,19,20). The van der Waals surface area contributed by atoms with Gasteiger partial charge in [-0.1, -0.05) is 29.8 Å². The number of hydrogen-bond acceptors (Lipinski definition) is 3. The van der Waals surface area contributed by atoms with Crippen molar-refractivity contribution < 1.29 is 9.90 Å². The third-order valence-electron chi connectivity index (χ3n) is 3.28. The summed E-state index contributed by atoms with van der Waals surface area (Å²) in [7, 11) is 3.74. The highest BCUT2D eigenvalue weighted by molar-refractivity contribution is 5.88. The Morgan fingerprint density at radius 3 is 2.55 bits per heavy atom. The van der Waals surface area contributed by atoms with E-state index in [2.05, 4.69) is 41.2 Å². The zero-order valence-corrected chi connectivity index (χ0v) is 12.0. The maximum absolute atomic E-state index is 11.1. The Morgan fingerprint density at radius 1 is 1.30 bits per heavy atom. The van der Waals surface area contributed by atoms with Crippen molar-refractivity contribution in [2.45, 2.75) is 20.0 Å². The van der Waals surface area contributed by atoms with E-state index < -0.39 is 5.97 Å². The van der Waals surface area contributed by atoms with Crippen molar-refractivity contribution in [3.63, 3.8) is 0 Å². The van der Waals surface area contributed by atoms with Crippen LogP contribution < -0.4 is 0 Å². The normalized spacial score (nSPS) is 11.0. The third kappa shape index (κ3) is 3.24. The third-order valence-corrected chi connectivity index (χ3v) is 3.28. The predicted octanol–water partition coefficient (Wildman–Crippen LogP) is 2.06. The Balaban J connectivity index is 2.08. The van der Waals surface area contributed by atoms with Crippen molar-refractivity contribution in [2.75, 3.05) is 7.05 Å². The Bertz CT molecular complexity index is 602. The van der Waals surface area contributed by atoms with Gasteiger partial charge in [0.25, 0.3) is 0 Å². The van der Waals surface area contributed by atoms with Crippen LogP contribution in [0.25, 0.3) is 0 Å². The molecule has 106 valence electrons. The molecule has 0 fully saturated rings. The fourth-order valence-corrected chi connectivity index (χ4v) is 2.15. The molecule has 1 aromatic heterocycles. The van der Waals surface area contributed by atoms with Crippen LogP contribution >= 0.6 is 0 Å². The first kappa shape index (κ1) is 14.3. The summed E-state index contributed by atoms with van der Waals surface area (Å²) in [6.45, 7) is 3.37. The van der Waals surface area contributed by atoms with Crippen molar-refractivity contribution in [2.24, 2.45) is 7.05 Å². The highest BCUT2D eigenvalue weighted by Gasteiger charge is 2.16. The van der Waals surface area contributed by atoms with Crippen LogP contribution in [0, 0.1) is 6.92 Å². The summed E-state index contributed by atoms with van der Waals surface area (Å²) in [6, 6.07) is 8.34. The number of aromatic nitrogens is 2. The number of carboxylic acids is 1. The van der Waals surface area contributed by atoms with Crippen LogP contribution in [0.15, 0.2) is 30.5 Å². The van der Waals surface area contributed by atoms with E-state index in [1.54, 1.807) is 11.7 Å². The number of benzene rings is 1. The molecule has 20 heavy (non-hydrogen) atoms. The summed E-state index contributed by atoms with van der Waals surface area (Å²) < 4.78 is 1.62. The van der Waals surface area contributed by atoms with Crippen LogP contribution in [0.3, 0.4) is 0 Å². The lowest BCUT2D eigenvalue weighted by Crippen LogP contribution is -2.20. The summed E-state index contributed by atoms with van der Waals surface area (Å²) in [4.78, 5) is 13.2. The molecule has 0 saturated heterocycles. The van der Waals surface area contributed by atoms with Gasteiger partial charge in [0.2, 0.25) is 0 Å². The quantitative estimate of drug-likeness (QED) is 0.906. The first-order chi connectivity index (χ1) is 9.47. The Hall–Kier alpha value is -2.14. The smallest absolute Gasteiger partial charge is 0.339 e. The minimum atomic E-state index is -0.933. The molecular weight excluding hydrogens is 254 g/mol. The molecule has 0 unspecified atom stereocenters. The van der Waals surface area contributed by atoms with E-state index >= 15 is 0 Å². The average molecular weight is 273 g/mol. The lowest BCUT2D eigenvalue weighted by molar-refractivity contribution is 0.0694. The summed E-state index contributed by atoms with van der Waals surface area (Å²) in [5, 5.41) is 13.2. The second-order valence-electron chi connectivity index (χ2n) is 5.09. The van der Waals surface area contributed by atoms with Crippen LogP contribution in [-0.4, -0.2) is 32.8 Å². The van der Waals surface area contributed by atoms with Crippen LogP contribution in [0.5, 0.6) is 0 Å². The van der Waals surface area contributed by atoms with Gasteiger partial charge < -0.3 is 5.11 Å². The van der Waals surface area contributed by atoms with Crippen molar-refractivity contribution in [3.8, 4) is 0 Å². The van der Waals surface area contributed by atoms with Gasteiger partial charge in [0.05, 0.1) is 11.9 Å². The summed E-state index contributed by atoms with van der Waals surface area (Å²) in [5.74, 6) is -0.933. The SMILES string of the molecule is Cc1ccc(CN(C)Cc2c(C(=O)O)cnn2C)cc1. The molecule has 1 N–H and O–H groups in total. The highest BCUT2D eigenvalue weighted by Crippen LogP contribution is 2.12. The van der Waals surface area contributed by atoms with E-state index in [9.17, 15) is 4.79 Å². The van der Waals surface area contributed by atoms with E-state index in [4.69, 9.17) is 5.11 Å². The van der Waals surface area contributed by atoms with Crippen LogP contribution in [0.4, 0.5) is 0 Å². The highest BCUT2D eigenvalue weighted by atomic mass is 16.4. The molecule has 0 spiro atoms. The van der Waals surface area contributed by atoms with Gasteiger partial charge in [-0.05, 0) is 19.5 Å². The van der Waals surface area contributed by atoms with Gasteiger partial charge in [-0.15, -0.1) is 0 Å². The number of hydrogen-bond donors (Lipinski definition) is 1. The first-order valence-corrected chi connectivity index (χ1v) is 6.45. The molecule has 0 aliphatic carbocycles. The molecule has 0 atom stereocenters. The molecular formula is C15H19N3O2. The summed E-state index contributed by atoms with van der Waals surface area (Å²) in [6.07, 6.45) is 1.40. The van der Waals surface area contributed by atoms with Gasteiger partial charge in [0.1, 0.15) is 5.56 Å². The fraction of sp³-hybridized carbons (Fsp3) is 0.333. The molecule has 0 aliphatic rings. The average Bonchev–Trinajstić information content (AvgIpc) is 2.74. The number of carboxylic acid groups (broad SMARTS) is 1. The van der Waals surface area contributed by atoms with Crippen molar-refractivity contribution >= 4 is 5.97 Å². The van der Waals surface area contributed by atoms with E-state index in [-0.39, 0.29) is 5.56 Å². The van der Waals surface area contributed by atoms with E-state index in [1.165, 1.54) is 17.3 Å². The van der Waals surface area contributed by atoms with Crippen LogP contribution in [0.2, 0.25) is 0 Å². The topological polar surface area (TPSA) is 58.4 Å². The number of aromatic carboxylic acids is 1. The minimum Gasteiger partial charge on any atom is -0.478 e. The molecule has 5 heteroatoms. The largest absolute Gasteiger partial charge is 0.478 e. The second-order valence-corrected chi connectivity index (χ2v) is 5.09. The van der Waals surface area contributed by atoms with Crippen molar-refractivity contribution in [1.29, 1.82) is 0 Å².